The normalized spacial score (nSPS) is 10.8. The lowest BCUT2D eigenvalue weighted by atomic mass is 10.2. The molecule has 3 rings (SSSR count). The monoisotopic (exact) mass is 363 g/mol. The largest absolute Gasteiger partial charge is 0.494 e. The lowest BCUT2D eigenvalue weighted by Crippen LogP contribution is -2.07. The van der Waals surface area contributed by atoms with Crippen molar-refractivity contribution in [2.75, 3.05) is 12.9 Å². The van der Waals surface area contributed by atoms with Crippen LogP contribution >= 0.6 is 23.1 Å². The molecule has 0 aliphatic heterocycles. The van der Waals surface area contributed by atoms with Crippen LogP contribution in [0, 0.1) is 5.82 Å². The van der Waals surface area contributed by atoms with Crippen LogP contribution in [0.4, 0.5) is 4.39 Å². The van der Waals surface area contributed by atoms with Crippen molar-refractivity contribution < 1.29 is 18.7 Å². The van der Waals surface area contributed by atoms with Gasteiger partial charge in [0.1, 0.15) is 6.61 Å². The second-order valence-electron chi connectivity index (χ2n) is 4.87. The molecule has 0 aliphatic rings. The first kappa shape index (κ1) is 16.7. The topological polar surface area (TPSA) is 48.4 Å². The molecule has 0 fully saturated rings. The van der Waals surface area contributed by atoms with E-state index in [0.29, 0.717) is 5.56 Å². The number of benzene rings is 2. The van der Waals surface area contributed by atoms with E-state index in [9.17, 15) is 9.18 Å². The molecule has 0 radical (unpaired) electrons. The molecule has 0 N–H and O–H groups in total. The molecule has 1 heterocycles. The first-order chi connectivity index (χ1) is 11.7. The number of ether oxygens (including phenoxy) is 2. The highest BCUT2D eigenvalue weighted by Crippen LogP contribution is 2.29. The zero-order valence-electron chi connectivity index (χ0n) is 12.8. The molecule has 0 bridgehead atoms. The zero-order valence-corrected chi connectivity index (χ0v) is 14.5. The van der Waals surface area contributed by atoms with E-state index in [1.165, 1.54) is 31.0 Å². The van der Waals surface area contributed by atoms with Gasteiger partial charge in [0.25, 0.3) is 0 Å². The quantitative estimate of drug-likeness (QED) is 0.483. The van der Waals surface area contributed by atoms with E-state index in [0.717, 1.165) is 14.6 Å². The van der Waals surface area contributed by atoms with Gasteiger partial charge >= 0.3 is 5.97 Å². The Bertz CT molecular complexity index is 833. The third kappa shape index (κ3) is 4.04. The second-order valence-corrected chi connectivity index (χ2v) is 7.12. The van der Waals surface area contributed by atoms with Crippen molar-refractivity contribution in [2.24, 2.45) is 0 Å². The lowest BCUT2D eigenvalue weighted by Gasteiger charge is -2.06. The SMILES string of the molecule is COc1ccc(COC(=O)CSc2nc3ccccc3s2)cc1F. The van der Waals surface area contributed by atoms with Crippen molar-refractivity contribution in [1.82, 2.24) is 4.98 Å². The smallest absolute Gasteiger partial charge is 0.316 e. The number of esters is 1. The van der Waals surface area contributed by atoms with Crippen molar-refractivity contribution in [3.63, 3.8) is 0 Å². The Morgan fingerprint density at radius 1 is 1.29 bits per heavy atom. The summed E-state index contributed by atoms with van der Waals surface area (Å²) < 4.78 is 25.5. The number of thiazole rings is 1. The van der Waals surface area contributed by atoms with Crippen LogP contribution in [0.15, 0.2) is 46.8 Å². The molecule has 1 aromatic heterocycles. The molecule has 3 aromatic rings. The standard InChI is InChI=1S/C17H14FNO3S2/c1-21-14-7-6-11(8-12(14)18)9-22-16(20)10-23-17-19-13-4-2-3-5-15(13)24-17/h2-8H,9-10H2,1H3. The average molecular weight is 363 g/mol. The van der Waals surface area contributed by atoms with Gasteiger partial charge in [-0.1, -0.05) is 30.0 Å². The number of thioether (sulfide) groups is 1. The Balaban J connectivity index is 1.51. The van der Waals surface area contributed by atoms with Gasteiger partial charge in [-0.2, -0.15) is 0 Å². The zero-order chi connectivity index (χ0) is 16.9. The highest BCUT2D eigenvalue weighted by Gasteiger charge is 2.10. The maximum atomic E-state index is 13.6. The van der Waals surface area contributed by atoms with E-state index in [4.69, 9.17) is 9.47 Å². The maximum absolute atomic E-state index is 13.6. The molecule has 0 amide bonds. The van der Waals surface area contributed by atoms with Crippen molar-refractivity contribution in [2.45, 2.75) is 10.9 Å². The molecule has 24 heavy (non-hydrogen) atoms. The number of hydrogen-bond acceptors (Lipinski definition) is 6. The van der Waals surface area contributed by atoms with Gasteiger partial charge in [-0.15, -0.1) is 11.3 Å². The second kappa shape index (κ2) is 7.63. The molecular formula is C17H14FNO3S2. The van der Waals surface area contributed by atoms with Crippen LogP contribution in [0.25, 0.3) is 10.2 Å². The van der Waals surface area contributed by atoms with E-state index in [1.54, 1.807) is 17.4 Å². The molecule has 0 saturated carbocycles. The summed E-state index contributed by atoms with van der Waals surface area (Å²) in [5.41, 5.74) is 1.50. The number of hydrogen-bond donors (Lipinski definition) is 0. The molecule has 0 atom stereocenters. The number of para-hydroxylation sites is 1. The van der Waals surface area contributed by atoms with Gasteiger partial charge in [-0.25, -0.2) is 9.37 Å². The van der Waals surface area contributed by atoms with Crippen molar-refractivity contribution >= 4 is 39.3 Å². The minimum Gasteiger partial charge on any atom is -0.494 e. The molecular weight excluding hydrogens is 349 g/mol. The van der Waals surface area contributed by atoms with E-state index in [-0.39, 0.29) is 24.1 Å². The lowest BCUT2D eigenvalue weighted by molar-refractivity contribution is -0.141. The minimum absolute atomic E-state index is 0.0279. The van der Waals surface area contributed by atoms with Crippen molar-refractivity contribution in [1.29, 1.82) is 0 Å². The van der Waals surface area contributed by atoms with Crippen LogP contribution in [0.5, 0.6) is 5.75 Å². The van der Waals surface area contributed by atoms with E-state index < -0.39 is 5.82 Å². The fourth-order valence-corrected chi connectivity index (χ4v) is 3.90. The summed E-state index contributed by atoms with van der Waals surface area (Å²) in [6.45, 7) is 0.0279. The van der Waals surface area contributed by atoms with Crippen LogP contribution < -0.4 is 4.74 Å². The van der Waals surface area contributed by atoms with Crippen LogP contribution in [-0.2, 0) is 16.1 Å². The Morgan fingerprint density at radius 2 is 2.12 bits per heavy atom. The predicted molar refractivity (Wildman–Crippen MR) is 93.1 cm³/mol. The number of fused-ring (bicyclic) bond motifs is 1. The maximum Gasteiger partial charge on any atom is 0.316 e. The number of aromatic nitrogens is 1. The van der Waals surface area contributed by atoms with Crippen LogP contribution in [-0.4, -0.2) is 23.8 Å². The van der Waals surface area contributed by atoms with Gasteiger partial charge in [0.15, 0.2) is 15.9 Å². The summed E-state index contributed by atoms with van der Waals surface area (Å²) in [5.74, 6) is -0.514. The number of rotatable bonds is 6. The summed E-state index contributed by atoms with van der Waals surface area (Å²) in [7, 11) is 1.40. The highest BCUT2D eigenvalue weighted by molar-refractivity contribution is 8.01. The molecule has 124 valence electrons. The summed E-state index contributed by atoms with van der Waals surface area (Å²) in [6.07, 6.45) is 0. The van der Waals surface area contributed by atoms with Crippen LogP contribution in [0.2, 0.25) is 0 Å². The van der Waals surface area contributed by atoms with E-state index in [2.05, 4.69) is 4.98 Å². The molecule has 0 saturated heterocycles. The van der Waals surface area contributed by atoms with E-state index in [1.807, 2.05) is 24.3 Å². The minimum atomic E-state index is -0.477. The molecule has 7 heteroatoms. The van der Waals surface area contributed by atoms with Crippen LogP contribution in [0.1, 0.15) is 5.56 Å². The molecule has 4 nitrogen and oxygen atoms in total. The van der Waals surface area contributed by atoms with Gasteiger partial charge in [0, 0.05) is 0 Å². The first-order valence-electron chi connectivity index (χ1n) is 7.12. The number of carbonyl (C=O) groups excluding carboxylic acids is 1. The number of methoxy groups -OCH3 is 1. The Hall–Kier alpha value is -2.12. The first-order valence-corrected chi connectivity index (χ1v) is 8.92. The fraction of sp³-hybridized carbons (Fsp3) is 0.176. The highest BCUT2D eigenvalue weighted by atomic mass is 32.2. The summed E-state index contributed by atoms with van der Waals surface area (Å²) in [5, 5.41) is 0. The summed E-state index contributed by atoms with van der Waals surface area (Å²) in [4.78, 5) is 16.3. The van der Waals surface area contributed by atoms with Crippen molar-refractivity contribution in [3.8, 4) is 5.75 Å². The molecule has 0 unspecified atom stereocenters. The van der Waals surface area contributed by atoms with E-state index >= 15 is 0 Å². The fourth-order valence-electron chi connectivity index (χ4n) is 2.04. The summed E-state index contributed by atoms with van der Waals surface area (Å²) in [6, 6.07) is 12.3. The van der Waals surface area contributed by atoms with Gasteiger partial charge in [-0.3, -0.25) is 4.79 Å². The predicted octanol–water partition coefficient (Wildman–Crippen LogP) is 4.28. The molecule has 2 aromatic carbocycles. The van der Waals surface area contributed by atoms with Gasteiger partial charge < -0.3 is 9.47 Å². The third-order valence-corrected chi connectivity index (χ3v) is 5.36. The Labute approximate surface area is 146 Å². The van der Waals surface area contributed by atoms with Gasteiger partial charge in [-0.05, 0) is 29.8 Å². The number of carbonyl (C=O) groups is 1. The van der Waals surface area contributed by atoms with Crippen molar-refractivity contribution in [3.05, 3.63) is 53.8 Å². The average Bonchev–Trinajstić information content (AvgIpc) is 3.01. The van der Waals surface area contributed by atoms with Gasteiger partial charge in [0.05, 0.1) is 23.1 Å². The number of halogens is 1. The van der Waals surface area contributed by atoms with Crippen LogP contribution in [0.3, 0.4) is 0 Å². The summed E-state index contributed by atoms with van der Waals surface area (Å²) >= 11 is 2.88. The Morgan fingerprint density at radius 3 is 2.88 bits per heavy atom. The Kier molecular flexibility index (Phi) is 5.32. The van der Waals surface area contributed by atoms with Gasteiger partial charge in [0.2, 0.25) is 0 Å². The molecule has 0 spiro atoms. The molecule has 0 aliphatic carbocycles. The number of nitrogens with zero attached hydrogens (tertiary/aromatic N) is 1. The third-order valence-electron chi connectivity index (χ3n) is 3.20.